The molecule has 3 fully saturated rings. The lowest BCUT2D eigenvalue weighted by molar-refractivity contribution is -0.0572. The highest BCUT2D eigenvalue weighted by Crippen LogP contribution is 2.48. The summed E-state index contributed by atoms with van der Waals surface area (Å²) in [7, 11) is 0. The summed E-state index contributed by atoms with van der Waals surface area (Å²) in [6.45, 7) is 6.98. The summed E-state index contributed by atoms with van der Waals surface area (Å²) in [4.78, 5) is 0. The molecule has 1 atom stereocenters. The summed E-state index contributed by atoms with van der Waals surface area (Å²) in [5.41, 5.74) is 0.736. The van der Waals surface area contributed by atoms with E-state index in [0.29, 0.717) is 11.5 Å². The fraction of sp³-hybridized carbons (Fsp3) is 1.00. The number of ether oxygens (including phenoxy) is 1. The monoisotopic (exact) mass is 237 g/mol. The number of hydrogen-bond donors (Lipinski definition) is 1. The van der Waals surface area contributed by atoms with Gasteiger partial charge < -0.3 is 10.1 Å². The van der Waals surface area contributed by atoms with Gasteiger partial charge in [0.05, 0.1) is 11.7 Å². The Bertz CT molecular complexity index is 277. The molecule has 1 N–H and O–H groups in total. The first-order valence-electron chi connectivity index (χ1n) is 7.48. The van der Waals surface area contributed by atoms with Crippen molar-refractivity contribution in [2.24, 2.45) is 11.3 Å². The van der Waals surface area contributed by atoms with Gasteiger partial charge in [-0.15, -0.1) is 0 Å². The molecule has 0 bridgehead atoms. The lowest BCUT2D eigenvalue weighted by Gasteiger charge is -2.49. The Morgan fingerprint density at radius 2 is 1.82 bits per heavy atom. The highest BCUT2D eigenvalue weighted by Gasteiger charge is 2.47. The quantitative estimate of drug-likeness (QED) is 0.814. The molecule has 0 radical (unpaired) electrons. The van der Waals surface area contributed by atoms with Crippen LogP contribution in [0.3, 0.4) is 0 Å². The summed E-state index contributed by atoms with van der Waals surface area (Å²) in [6, 6.07) is 0. The molecule has 1 saturated carbocycles. The van der Waals surface area contributed by atoms with Gasteiger partial charge in [0.15, 0.2) is 0 Å². The average molecular weight is 237 g/mol. The molecule has 0 amide bonds. The molecule has 0 aromatic rings. The molecule has 1 aliphatic carbocycles. The van der Waals surface area contributed by atoms with E-state index in [-0.39, 0.29) is 5.60 Å². The van der Waals surface area contributed by atoms with Gasteiger partial charge in [0, 0.05) is 18.5 Å². The predicted molar refractivity (Wildman–Crippen MR) is 70.1 cm³/mol. The molecular weight excluding hydrogens is 210 g/mol. The highest BCUT2D eigenvalue weighted by molar-refractivity contribution is 5.01. The van der Waals surface area contributed by atoms with Crippen LogP contribution in [0.5, 0.6) is 0 Å². The van der Waals surface area contributed by atoms with Crippen molar-refractivity contribution in [2.75, 3.05) is 13.1 Å². The number of nitrogens with one attached hydrogen (secondary N) is 1. The number of rotatable bonds is 3. The first kappa shape index (κ1) is 12.0. The fourth-order valence-corrected chi connectivity index (χ4v) is 4.26. The molecule has 0 aromatic heterocycles. The van der Waals surface area contributed by atoms with Gasteiger partial charge in [0.25, 0.3) is 0 Å². The van der Waals surface area contributed by atoms with Crippen LogP contribution in [0.2, 0.25) is 0 Å². The molecular formula is C15H27NO. The second-order valence-electron chi connectivity index (χ2n) is 7.19. The van der Waals surface area contributed by atoms with Gasteiger partial charge in [0.2, 0.25) is 0 Å². The standard InChI is InChI=1S/C15H27NO/c1-14(2)8-7-13(17-14)9-15(10-16-11-15)12-5-3-4-6-12/h12-13,16H,3-11H2,1-2H3. The molecule has 2 aliphatic heterocycles. The minimum atomic E-state index is 0.138. The highest BCUT2D eigenvalue weighted by atomic mass is 16.5. The first-order valence-corrected chi connectivity index (χ1v) is 7.48. The maximum absolute atomic E-state index is 6.21. The van der Waals surface area contributed by atoms with Gasteiger partial charge in [-0.2, -0.15) is 0 Å². The maximum Gasteiger partial charge on any atom is 0.0631 e. The van der Waals surface area contributed by atoms with E-state index in [2.05, 4.69) is 19.2 Å². The Morgan fingerprint density at radius 3 is 2.29 bits per heavy atom. The van der Waals surface area contributed by atoms with Crippen molar-refractivity contribution in [2.45, 2.75) is 70.5 Å². The van der Waals surface area contributed by atoms with E-state index in [0.717, 1.165) is 5.92 Å². The van der Waals surface area contributed by atoms with Crippen molar-refractivity contribution < 1.29 is 4.74 Å². The predicted octanol–water partition coefficient (Wildman–Crippen LogP) is 3.11. The van der Waals surface area contributed by atoms with Crippen LogP contribution in [0.15, 0.2) is 0 Å². The molecule has 2 heteroatoms. The molecule has 3 aliphatic rings. The first-order chi connectivity index (χ1) is 8.10. The molecule has 2 nitrogen and oxygen atoms in total. The molecule has 0 aromatic carbocycles. The van der Waals surface area contributed by atoms with Crippen molar-refractivity contribution in [3.05, 3.63) is 0 Å². The summed E-state index contributed by atoms with van der Waals surface area (Å²) in [5, 5.41) is 3.52. The van der Waals surface area contributed by atoms with Crippen LogP contribution in [-0.4, -0.2) is 24.8 Å². The summed E-state index contributed by atoms with van der Waals surface area (Å²) < 4.78 is 6.21. The van der Waals surface area contributed by atoms with Gasteiger partial charge in [-0.1, -0.05) is 12.8 Å². The number of hydrogen-bond acceptors (Lipinski definition) is 2. The van der Waals surface area contributed by atoms with E-state index in [1.807, 2.05) is 0 Å². The minimum Gasteiger partial charge on any atom is -0.372 e. The molecule has 17 heavy (non-hydrogen) atoms. The van der Waals surface area contributed by atoms with Gasteiger partial charge in [0.1, 0.15) is 0 Å². The second kappa shape index (κ2) is 4.24. The Hall–Kier alpha value is -0.0800. The molecule has 98 valence electrons. The van der Waals surface area contributed by atoms with Crippen molar-refractivity contribution in [1.29, 1.82) is 0 Å². The van der Waals surface area contributed by atoms with Gasteiger partial charge >= 0.3 is 0 Å². The topological polar surface area (TPSA) is 21.3 Å². The van der Waals surface area contributed by atoms with E-state index in [4.69, 9.17) is 4.74 Å². The van der Waals surface area contributed by atoms with Crippen molar-refractivity contribution in [3.8, 4) is 0 Å². The van der Waals surface area contributed by atoms with E-state index < -0.39 is 0 Å². The normalized spacial score (nSPS) is 36.0. The van der Waals surface area contributed by atoms with Crippen molar-refractivity contribution in [1.82, 2.24) is 5.32 Å². The lowest BCUT2D eigenvalue weighted by Crippen LogP contribution is -2.58. The Balaban J connectivity index is 1.62. The van der Waals surface area contributed by atoms with Crippen LogP contribution in [0, 0.1) is 11.3 Å². The lowest BCUT2D eigenvalue weighted by atomic mass is 9.66. The third-order valence-corrected chi connectivity index (χ3v) is 5.36. The smallest absolute Gasteiger partial charge is 0.0631 e. The SMILES string of the molecule is CC1(C)CCC(CC2(C3CCCC3)CNC2)O1. The largest absolute Gasteiger partial charge is 0.372 e. The van der Waals surface area contributed by atoms with Crippen molar-refractivity contribution in [3.63, 3.8) is 0 Å². The van der Waals surface area contributed by atoms with E-state index in [1.54, 1.807) is 0 Å². The zero-order valence-electron chi connectivity index (χ0n) is 11.4. The van der Waals surface area contributed by atoms with E-state index in [9.17, 15) is 0 Å². The maximum atomic E-state index is 6.21. The van der Waals surface area contributed by atoms with E-state index >= 15 is 0 Å². The summed E-state index contributed by atoms with van der Waals surface area (Å²) in [6.07, 6.45) is 10.2. The van der Waals surface area contributed by atoms with Crippen LogP contribution in [-0.2, 0) is 4.74 Å². The van der Waals surface area contributed by atoms with Crippen LogP contribution >= 0.6 is 0 Å². The Labute approximate surface area is 105 Å². The van der Waals surface area contributed by atoms with Gasteiger partial charge in [-0.3, -0.25) is 0 Å². The van der Waals surface area contributed by atoms with Crippen LogP contribution < -0.4 is 5.32 Å². The zero-order valence-corrected chi connectivity index (χ0v) is 11.4. The average Bonchev–Trinajstić information content (AvgIpc) is 2.81. The molecule has 3 rings (SSSR count). The minimum absolute atomic E-state index is 0.138. The molecule has 2 heterocycles. The Morgan fingerprint density at radius 1 is 1.12 bits per heavy atom. The van der Waals surface area contributed by atoms with E-state index in [1.165, 1.54) is 58.0 Å². The third-order valence-electron chi connectivity index (χ3n) is 5.36. The summed E-state index contributed by atoms with van der Waals surface area (Å²) >= 11 is 0. The van der Waals surface area contributed by atoms with Crippen LogP contribution in [0.1, 0.15) is 58.8 Å². The van der Waals surface area contributed by atoms with Crippen LogP contribution in [0.4, 0.5) is 0 Å². The fourth-order valence-electron chi connectivity index (χ4n) is 4.26. The van der Waals surface area contributed by atoms with Crippen LogP contribution in [0.25, 0.3) is 0 Å². The second-order valence-corrected chi connectivity index (χ2v) is 7.19. The third kappa shape index (κ3) is 2.26. The van der Waals surface area contributed by atoms with Crippen molar-refractivity contribution >= 4 is 0 Å². The summed E-state index contributed by atoms with van der Waals surface area (Å²) in [5.74, 6) is 0.982. The molecule has 2 saturated heterocycles. The Kier molecular flexibility index (Phi) is 2.99. The molecule has 0 spiro atoms. The molecule has 1 unspecified atom stereocenters. The van der Waals surface area contributed by atoms with Gasteiger partial charge in [-0.05, 0) is 51.9 Å². The zero-order chi connectivity index (χ0) is 11.9. The van der Waals surface area contributed by atoms with Gasteiger partial charge in [-0.25, -0.2) is 0 Å².